The molecule has 0 saturated carbocycles. The molecular formula is C16H16BrNO. The molecule has 0 spiro atoms. The van der Waals surface area contributed by atoms with Gasteiger partial charge in [-0.25, -0.2) is 0 Å². The maximum atomic E-state index is 12.2. The Balaban J connectivity index is 2.15. The third-order valence-electron chi connectivity index (χ3n) is 3.14. The second-order valence-electron chi connectivity index (χ2n) is 4.56. The number of benzene rings is 2. The monoisotopic (exact) mass is 317 g/mol. The van der Waals surface area contributed by atoms with E-state index in [-0.39, 0.29) is 11.8 Å². The van der Waals surface area contributed by atoms with Gasteiger partial charge in [-0.1, -0.05) is 42.5 Å². The van der Waals surface area contributed by atoms with Gasteiger partial charge in [-0.2, -0.15) is 0 Å². The lowest BCUT2D eigenvalue weighted by molar-refractivity contribution is -0.117. The first-order valence-electron chi connectivity index (χ1n) is 6.20. The minimum absolute atomic E-state index is 0.00231. The molecule has 1 atom stereocenters. The number of rotatable bonds is 3. The lowest BCUT2D eigenvalue weighted by Crippen LogP contribution is -2.19. The van der Waals surface area contributed by atoms with Gasteiger partial charge >= 0.3 is 0 Å². The molecule has 2 nitrogen and oxygen atoms in total. The molecular weight excluding hydrogens is 302 g/mol. The zero-order valence-corrected chi connectivity index (χ0v) is 12.6. The molecule has 0 aliphatic carbocycles. The number of hydrogen-bond acceptors (Lipinski definition) is 1. The van der Waals surface area contributed by atoms with Crippen LogP contribution in [-0.2, 0) is 4.79 Å². The molecule has 1 unspecified atom stereocenters. The molecule has 0 bridgehead atoms. The topological polar surface area (TPSA) is 29.1 Å². The zero-order valence-electron chi connectivity index (χ0n) is 11.0. The Bertz CT molecular complexity index is 581. The molecule has 1 amide bonds. The van der Waals surface area contributed by atoms with E-state index in [1.165, 1.54) is 0 Å². The van der Waals surface area contributed by atoms with Crippen LogP contribution in [0.2, 0.25) is 0 Å². The normalized spacial score (nSPS) is 11.9. The van der Waals surface area contributed by atoms with E-state index in [1.54, 1.807) is 0 Å². The summed E-state index contributed by atoms with van der Waals surface area (Å²) in [5.74, 6) is -0.175. The van der Waals surface area contributed by atoms with Gasteiger partial charge in [-0.3, -0.25) is 4.79 Å². The van der Waals surface area contributed by atoms with Crippen molar-refractivity contribution < 1.29 is 4.79 Å². The Kier molecular flexibility index (Phi) is 4.38. The van der Waals surface area contributed by atoms with Gasteiger partial charge in [0.25, 0.3) is 0 Å². The van der Waals surface area contributed by atoms with Crippen molar-refractivity contribution in [3.63, 3.8) is 0 Å². The minimum Gasteiger partial charge on any atom is -0.325 e. The van der Waals surface area contributed by atoms with Crippen LogP contribution in [0.4, 0.5) is 5.69 Å². The first-order valence-corrected chi connectivity index (χ1v) is 7.00. The largest absolute Gasteiger partial charge is 0.325 e. The fourth-order valence-electron chi connectivity index (χ4n) is 1.88. The van der Waals surface area contributed by atoms with Crippen LogP contribution < -0.4 is 5.32 Å². The molecule has 2 aromatic carbocycles. The fourth-order valence-corrected chi connectivity index (χ4v) is 2.24. The van der Waals surface area contributed by atoms with Crippen LogP contribution in [-0.4, -0.2) is 5.91 Å². The van der Waals surface area contributed by atoms with E-state index in [1.807, 2.05) is 62.4 Å². The molecule has 19 heavy (non-hydrogen) atoms. The number of nitrogens with one attached hydrogen (secondary N) is 1. The van der Waals surface area contributed by atoms with Gasteiger partial charge in [-0.05, 0) is 47.0 Å². The molecule has 98 valence electrons. The van der Waals surface area contributed by atoms with Gasteiger partial charge in [0.05, 0.1) is 11.6 Å². The van der Waals surface area contributed by atoms with Gasteiger partial charge in [0, 0.05) is 4.47 Å². The molecule has 2 rings (SSSR count). The summed E-state index contributed by atoms with van der Waals surface area (Å²) in [6.07, 6.45) is 0. The second-order valence-corrected chi connectivity index (χ2v) is 5.35. The van der Waals surface area contributed by atoms with Crippen molar-refractivity contribution in [1.29, 1.82) is 0 Å². The summed E-state index contributed by atoms with van der Waals surface area (Å²) in [4.78, 5) is 12.2. The van der Waals surface area contributed by atoms with E-state index >= 15 is 0 Å². The SMILES string of the molecule is Cc1cccc(NC(=O)C(C)c2ccccc2)c1Br. The van der Waals surface area contributed by atoms with Gasteiger partial charge in [0.1, 0.15) is 0 Å². The van der Waals surface area contributed by atoms with Gasteiger partial charge in [0.15, 0.2) is 0 Å². The number of aryl methyl sites for hydroxylation is 1. The number of anilines is 1. The summed E-state index contributed by atoms with van der Waals surface area (Å²) in [5.41, 5.74) is 2.93. The number of amides is 1. The van der Waals surface area contributed by atoms with E-state index < -0.39 is 0 Å². The summed E-state index contributed by atoms with van der Waals surface area (Å²) >= 11 is 3.50. The van der Waals surface area contributed by atoms with Crippen LogP contribution >= 0.6 is 15.9 Å². The van der Waals surface area contributed by atoms with Crippen molar-refractivity contribution in [3.05, 3.63) is 64.1 Å². The molecule has 3 heteroatoms. The van der Waals surface area contributed by atoms with Crippen molar-refractivity contribution in [1.82, 2.24) is 0 Å². The number of halogens is 1. The van der Waals surface area contributed by atoms with E-state index in [0.29, 0.717) is 0 Å². The van der Waals surface area contributed by atoms with Crippen molar-refractivity contribution in [3.8, 4) is 0 Å². The molecule has 1 N–H and O–H groups in total. The highest BCUT2D eigenvalue weighted by atomic mass is 79.9. The average molecular weight is 318 g/mol. The van der Waals surface area contributed by atoms with Crippen LogP contribution in [0.25, 0.3) is 0 Å². The van der Waals surface area contributed by atoms with Crippen molar-refractivity contribution >= 4 is 27.5 Å². The van der Waals surface area contributed by atoms with Crippen LogP contribution in [0.5, 0.6) is 0 Å². The van der Waals surface area contributed by atoms with Crippen LogP contribution in [0, 0.1) is 6.92 Å². The predicted molar refractivity (Wildman–Crippen MR) is 82.4 cm³/mol. The third-order valence-corrected chi connectivity index (χ3v) is 4.20. The maximum Gasteiger partial charge on any atom is 0.231 e. The van der Waals surface area contributed by atoms with E-state index in [9.17, 15) is 4.79 Å². The highest BCUT2D eigenvalue weighted by Crippen LogP contribution is 2.27. The van der Waals surface area contributed by atoms with Crippen LogP contribution in [0.1, 0.15) is 24.0 Å². The maximum absolute atomic E-state index is 12.2. The molecule has 0 fully saturated rings. The van der Waals surface area contributed by atoms with Crippen LogP contribution in [0.3, 0.4) is 0 Å². The first-order chi connectivity index (χ1) is 9.09. The summed E-state index contributed by atoms with van der Waals surface area (Å²) in [7, 11) is 0. The van der Waals surface area contributed by atoms with Gasteiger partial charge in [-0.15, -0.1) is 0 Å². The summed E-state index contributed by atoms with van der Waals surface area (Å²) in [5, 5.41) is 2.96. The van der Waals surface area contributed by atoms with E-state index in [4.69, 9.17) is 0 Å². The Morgan fingerprint density at radius 1 is 1.11 bits per heavy atom. The van der Waals surface area contributed by atoms with Gasteiger partial charge < -0.3 is 5.32 Å². The second kappa shape index (κ2) is 6.02. The highest BCUT2D eigenvalue weighted by Gasteiger charge is 2.16. The zero-order chi connectivity index (χ0) is 13.8. The third kappa shape index (κ3) is 3.24. The molecule has 2 aromatic rings. The minimum atomic E-state index is -0.173. The standard InChI is InChI=1S/C16H16BrNO/c1-11-7-6-10-14(15(11)17)18-16(19)12(2)13-8-4-3-5-9-13/h3-10,12H,1-2H3,(H,18,19). The molecule has 0 aromatic heterocycles. The number of carbonyl (C=O) groups is 1. The van der Waals surface area contributed by atoms with Crippen molar-refractivity contribution in [2.24, 2.45) is 0 Å². The molecule has 0 heterocycles. The number of hydrogen-bond donors (Lipinski definition) is 1. The fraction of sp³-hybridized carbons (Fsp3) is 0.188. The summed E-state index contributed by atoms with van der Waals surface area (Å²) in [6, 6.07) is 15.6. The van der Waals surface area contributed by atoms with Crippen LogP contribution in [0.15, 0.2) is 53.0 Å². The van der Waals surface area contributed by atoms with E-state index in [2.05, 4.69) is 21.2 Å². The Labute approximate surface area is 122 Å². The van der Waals surface area contributed by atoms with E-state index in [0.717, 1.165) is 21.3 Å². The smallest absolute Gasteiger partial charge is 0.231 e. The molecule has 0 saturated heterocycles. The number of carbonyl (C=O) groups excluding carboxylic acids is 1. The first kappa shape index (κ1) is 13.8. The lowest BCUT2D eigenvalue weighted by atomic mass is 10.0. The Hall–Kier alpha value is -1.61. The highest BCUT2D eigenvalue weighted by molar-refractivity contribution is 9.10. The molecule has 0 aliphatic heterocycles. The average Bonchev–Trinajstić information content (AvgIpc) is 2.44. The molecule has 0 aliphatic rings. The lowest BCUT2D eigenvalue weighted by Gasteiger charge is -2.14. The van der Waals surface area contributed by atoms with Crippen molar-refractivity contribution in [2.45, 2.75) is 19.8 Å². The van der Waals surface area contributed by atoms with Crippen molar-refractivity contribution in [2.75, 3.05) is 5.32 Å². The quantitative estimate of drug-likeness (QED) is 0.887. The molecule has 0 radical (unpaired) electrons. The summed E-state index contributed by atoms with van der Waals surface area (Å²) in [6.45, 7) is 3.91. The Morgan fingerprint density at radius 2 is 1.79 bits per heavy atom. The summed E-state index contributed by atoms with van der Waals surface area (Å²) < 4.78 is 0.934. The van der Waals surface area contributed by atoms with Gasteiger partial charge in [0.2, 0.25) is 5.91 Å². The predicted octanol–water partition coefficient (Wildman–Crippen LogP) is 4.50. The Morgan fingerprint density at radius 3 is 2.47 bits per heavy atom.